The average Bonchev–Trinajstić information content (AvgIpc) is 2.25. The zero-order chi connectivity index (χ0) is 13.6. The van der Waals surface area contributed by atoms with Gasteiger partial charge in [-0.05, 0) is 42.5 Å². The summed E-state index contributed by atoms with van der Waals surface area (Å²) in [4.78, 5) is -0.202. The van der Waals surface area contributed by atoms with Crippen molar-refractivity contribution in [3.05, 3.63) is 29.3 Å². The van der Waals surface area contributed by atoms with Crippen LogP contribution in [0.15, 0.2) is 23.1 Å². The van der Waals surface area contributed by atoms with Crippen molar-refractivity contribution in [2.75, 3.05) is 0 Å². The van der Waals surface area contributed by atoms with Gasteiger partial charge < -0.3 is 0 Å². The van der Waals surface area contributed by atoms with Gasteiger partial charge in [0.1, 0.15) is 0 Å². The molecule has 8 heteroatoms. The second-order valence-corrected chi connectivity index (χ2v) is 7.40. The lowest BCUT2D eigenvalue weighted by molar-refractivity contribution is 0.456. The van der Waals surface area contributed by atoms with E-state index in [1.807, 2.05) is 0 Å². The van der Waals surface area contributed by atoms with Crippen LogP contribution >= 0.6 is 0 Å². The topological polar surface area (TPSA) is 109 Å². The number of hydrogen-bond donors (Lipinski definition) is 2. The molecule has 0 heterocycles. The van der Waals surface area contributed by atoms with Crippen molar-refractivity contribution in [3.63, 3.8) is 0 Å². The minimum Gasteiger partial charge on any atom is -0.285 e. The fraction of sp³-hybridized carbons (Fsp3) is 0.400. The summed E-state index contributed by atoms with van der Waals surface area (Å²) in [5, 5.41) is -0.846. The van der Waals surface area contributed by atoms with E-state index in [4.69, 9.17) is 9.11 Å². The molecule has 0 saturated heterocycles. The molecule has 1 aliphatic carbocycles. The zero-order valence-electron chi connectivity index (χ0n) is 9.27. The summed E-state index contributed by atoms with van der Waals surface area (Å²) in [6.07, 6.45) is 0.740. The van der Waals surface area contributed by atoms with Crippen molar-refractivity contribution in [2.24, 2.45) is 0 Å². The third-order valence-corrected chi connectivity index (χ3v) is 5.17. The van der Waals surface area contributed by atoms with E-state index >= 15 is 0 Å². The molecule has 6 nitrogen and oxygen atoms in total. The Morgan fingerprint density at radius 2 is 1.72 bits per heavy atom. The molecule has 100 valence electrons. The fourth-order valence-corrected chi connectivity index (χ4v) is 3.45. The summed E-state index contributed by atoms with van der Waals surface area (Å²) in [7, 11) is -8.32. The maximum atomic E-state index is 11.0. The normalized spacial score (nSPS) is 20.4. The van der Waals surface area contributed by atoms with Crippen LogP contribution in [-0.4, -0.2) is 31.2 Å². The number of rotatable bonds is 2. The molecule has 0 aliphatic heterocycles. The molecule has 0 bridgehead atoms. The van der Waals surface area contributed by atoms with Gasteiger partial charge in [-0.3, -0.25) is 9.11 Å². The average molecular weight is 292 g/mol. The van der Waals surface area contributed by atoms with Crippen molar-refractivity contribution in [3.8, 4) is 0 Å². The minimum absolute atomic E-state index is 0.153. The summed E-state index contributed by atoms with van der Waals surface area (Å²) >= 11 is 0. The Balaban J connectivity index is 2.38. The number of hydrogen-bond acceptors (Lipinski definition) is 4. The van der Waals surface area contributed by atoms with Crippen LogP contribution in [0.25, 0.3) is 0 Å². The van der Waals surface area contributed by atoms with Crippen molar-refractivity contribution >= 4 is 20.2 Å². The second kappa shape index (κ2) is 4.30. The van der Waals surface area contributed by atoms with Gasteiger partial charge in [-0.1, -0.05) is 6.07 Å². The van der Waals surface area contributed by atoms with Crippen LogP contribution in [0.2, 0.25) is 0 Å². The smallest absolute Gasteiger partial charge is 0.285 e. The predicted octanol–water partition coefficient (Wildman–Crippen LogP) is 0.678. The van der Waals surface area contributed by atoms with Gasteiger partial charge in [-0.15, -0.1) is 0 Å². The van der Waals surface area contributed by atoms with Gasteiger partial charge in [-0.2, -0.15) is 16.8 Å². The summed E-state index contributed by atoms with van der Waals surface area (Å²) in [6, 6.07) is 4.03. The molecule has 1 atom stereocenters. The first-order valence-corrected chi connectivity index (χ1v) is 8.18. The monoisotopic (exact) mass is 292 g/mol. The molecular formula is C10H12O6S2. The Hall–Kier alpha value is -0.960. The Morgan fingerprint density at radius 1 is 1.06 bits per heavy atom. The molecular weight excluding hydrogens is 280 g/mol. The summed E-state index contributed by atoms with van der Waals surface area (Å²) in [5.74, 6) is 0. The maximum absolute atomic E-state index is 11.0. The van der Waals surface area contributed by atoms with Crippen molar-refractivity contribution in [2.45, 2.75) is 29.4 Å². The van der Waals surface area contributed by atoms with Gasteiger partial charge in [0.05, 0.1) is 10.1 Å². The van der Waals surface area contributed by atoms with Crippen molar-refractivity contribution in [1.29, 1.82) is 0 Å². The van der Waals surface area contributed by atoms with Gasteiger partial charge in [0.2, 0.25) is 0 Å². The molecule has 2 rings (SSSR count). The summed E-state index contributed by atoms with van der Waals surface area (Å²) < 4.78 is 61.9. The Kier molecular flexibility index (Phi) is 3.22. The number of benzene rings is 1. The summed E-state index contributed by atoms with van der Waals surface area (Å²) in [5.41, 5.74) is 1.36. The third kappa shape index (κ3) is 2.72. The molecule has 18 heavy (non-hydrogen) atoms. The molecule has 1 aromatic rings. The number of fused-ring (bicyclic) bond motifs is 1. The van der Waals surface area contributed by atoms with Crippen molar-refractivity contribution < 1.29 is 25.9 Å². The lowest BCUT2D eigenvalue weighted by Crippen LogP contribution is -2.27. The Morgan fingerprint density at radius 3 is 2.28 bits per heavy atom. The van der Waals surface area contributed by atoms with Crippen molar-refractivity contribution in [1.82, 2.24) is 0 Å². The minimum atomic E-state index is -4.25. The Bertz CT molecular complexity index is 674. The highest BCUT2D eigenvalue weighted by Gasteiger charge is 2.28. The molecule has 1 aliphatic rings. The van der Waals surface area contributed by atoms with Crippen LogP contribution in [0.1, 0.15) is 17.5 Å². The molecule has 0 spiro atoms. The van der Waals surface area contributed by atoms with Crippen LogP contribution < -0.4 is 0 Å². The Labute approximate surface area is 105 Å². The highest BCUT2D eigenvalue weighted by molar-refractivity contribution is 7.86. The number of aryl methyl sites for hydroxylation is 1. The van der Waals surface area contributed by atoms with E-state index in [0.29, 0.717) is 17.5 Å². The largest absolute Gasteiger partial charge is 0.294 e. The van der Waals surface area contributed by atoms with Crippen LogP contribution in [0, 0.1) is 0 Å². The molecule has 0 radical (unpaired) electrons. The van der Waals surface area contributed by atoms with Gasteiger partial charge >= 0.3 is 0 Å². The highest BCUT2D eigenvalue weighted by atomic mass is 32.2. The highest BCUT2D eigenvalue weighted by Crippen LogP contribution is 2.27. The van der Waals surface area contributed by atoms with E-state index in [0.717, 1.165) is 0 Å². The van der Waals surface area contributed by atoms with E-state index in [1.54, 1.807) is 0 Å². The lowest BCUT2D eigenvalue weighted by atomic mass is 9.91. The second-order valence-electron chi connectivity index (χ2n) is 4.29. The molecule has 1 unspecified atom stereocenters. The van der Waals surface area contributed by atoms with Gasteiger partial charge in [0.25, 0.3) is 20.2 Å². The molecule has 0 aromatic heterocycles. The SMILES string of the molecule is O=S(=O)(O)c1ccc2c(c1)CCC(S(=O)(=O)O)C2. The van der Waals surface area contributed by atoms with Gasteiger partial charge in [0.15, 0.2) is 0 Å². The standard InChI is InChI=1S/C10H12O6S2/c11-17(12,13)9-3-1-7-5-10(18(14,15)16)4-2-8(7)6-9/h1,3,6,10H,2,4-5H2,(H,11,12,13)(H,14,15,16). The fourth-order valence-electron chi connectivity index (χ4n) is 2.11. The van der Waals surface area contributed by atoms with E-state index in [-0.39, 0.29) is 17.7 Å². The quantitative estimate of drug-likeness (QED) is 0.776. The first kappa shape index (κ1) is 13.5. The molecule has 2 N–H and O–H groups in total. The first-order valence-electron chi connectivity index (χ1n) is 5.23. The van der Waals surface area contributed by atoms with E-state index in [2.05, 4.69) is 0 Å². The van der Waals surface area contributed by atoms with E-state index in [1.165, 1.54) is 18.2 Å². The third-order valence-electron chi connectivity index (χ3n) is 3.08. The molecule has 0 fully saturated rings. The van der Waals surface area contributed by atoms with Crippen LogP contribution in [0.4, 0.5) is 0 Å². The van der Waals surface area contributed by atoms with Gasteiger partial charge in [-0.25, -0.2) is 0 Å². The predicted molar refractivity (Wildman–Crippen MR) is 63.6 cm³/mol. The lowest BCUT2D eigenvalue weighted by Gasteiger charge is -2.22. The maximum Gasteiger partial charge on any atom is 0.294 e. The summed E-state index contributed by atoms with van der Waals surface area (Å²) in [6.45, 7) is 0. The van der Waals surface area contributed by atoms with E-state index < -0.39 is 25.5 Å². The van der Waals surface area contributed by atoms with Crippen LogP contribution in [-0.2, 0) is 33.1 Å². The van der Waals surface area contributed by atoms with Crippen LogP contribution in [0.3, 0.4) is 0 Å². The van der Waals surface area contributed by atoms with Crippen LogP contribution in [0.5, 0.6) is 0 Å². The first-order chi connectivity index (χ1) is 8.18. The zero-order valence-corrected chi connectivity index (χ0v) is 10.9. The molecule has 0 amide bonds. The molecule has 1 aromatic carbocycles. The molecule has 0 saturated carbocycles. The van der Waals surface area contributed by atoms with Gasteiger partial charge in [0, 0.05) is 0 Å². The van der Waals surface area contributed by atoms with E-state index in [9.17, 15) is 16.8 Å².